The van der Waals surface area contributed by atoms with Crippen molar-refractivity contribution in [1.29, 1.82) is 0 Å². The number of benzene rings is 1. The fourth-order valence-electron chi connectivity index (χ4n) is 3.05. The van der Waals surface area contributed by atoms with Crippen LogP contribution < -0.4 is 9.64 Å². The highest BCUT2D eigenvalue weighted by Gasteiger charge is 2.24. The van der Waals surface area contributed by atoms with Gasteiger partial charge in [0.2, 0.25) is 0 Å². The van der Waals surface area contributed by atoms with E-state index in [9.17, 15) is 0 Å². The standard InChI is InChI=1S/C19H18N4O/c1-23-11-8-15-16(18-20-9-3-10-21-18)12-17(22-19(15)23)13-4-6-14(24-2)7-5-13/h3-7,9-10,12H,8,11H2,1-2H3. The summed E-state index contributed by atoms with van der Waals surface area (Å²) < 4.78 is 5.24. The van der Waals surface area contributed by atoms with Crippen molar-refractivity contribution >= 4 is 5.82 Å². The second kappa shape index (κ2) is 5.92. The number of pyridine rings is 1. The molecule has 0 spiro atoms. The number of rotatable bonds is 3. The van der Waals surface area contributed by atoms with Gasteiger partial charge < -0.3 is 9.64 Å². The van der Waals surface area contributed by atoms with Gasteiger partial charge in [0.25, 0.3) is 0 Å². The topological polar surface area (TPSA) is 51.1 Å². The maximum Gasteiger partial charge on any atom is 0.159 e. The maximum atomic E-state index is 5.24. The van der Waals surface area contributed by atoms with Crippen LogP contribution in [0.2, 0.25) is 0 Å². The van der Waals surface area contributed by atoms with Crippen LogP contribution in [-0.2, 0) is 6.42 Å². The first-order valence-corrected chi connectivity index (χ1v) is 7.93. The van der Waals surface area contributed by atoms with E-state index in [2.05, 4.69) is 28.0 Å². The number of anilines is 1. The van der Waals surface area contributed by atoms with Crippen LogP contribution in [0.5, 0.6) is 5.75 Å². The highest BCUT2D eigenvalue weighted by atomic mass is 16.5. The summed E-state index contributed by atoms with van der Waals surface area (Å²) in [6, 6.07) is 11.9. The van der Waals surface area contributed by atoms with Crippen molar-refractivity contribution in [2.75, 3.05) is 25.6 Å². The summed E-state index contributed by atoms with van der Waals surface area (Å²) in [6.45, 7) is 0.967. The molecular weight excluding hydrogens is 300 g/mol. The summed E-state index contributed by atoms with van der Waals surface area (Å²) in [5.74, 6) is 2.61. The average Bonchev–Trinajstić information content (AvgIpc) is 3.03. The third kappa shape index (κ3) is 2.48. The number of methoxy groups -OCH3 is 1. The van der Waals surface area contributed by atoms with Gasteiger partial charge in [-0.25, -0.2) is 15.0 Å². The molecule has 3 heterocycles. The van der Waals surface area contributed by atoms with Crippen molar-refractivity contribution in [3.05, 3.63) is 54.4 Å². The zero-order chi connectivity index (χ0) is 16.5. The third-order valence-corrected chi connectivity index (χ3v) is 4.35. The van der Waals surface area contributed by atoms with Crippen molar-refractivity contribution < 1.29 is 4.74 Å². The minimum Gasteiger partial charge on any atom is -0.497 e. The predicted octanol–water partition coefficient (Wildman–Crippen LogP) is 3.21. The molecule has 1 aliphatic heterocycles. The number of fused-ring (bicyclic) bond motifs is 1. The molecule has 0 bridgehead atoms. The lowest BCUT2D eigenvalue weighted by atomic mass is 10.0. The Morgan fingerprint density at radius 3 is 2.54 bits per heavy atom. The summed E-state index contributed by atoms with van der Waals surface area (Å²) in [5.41, 5.74) is 4.26. The van der Waals surface area contributed by atoms with Crippen LogP contribution in [0.4, 0.5) is 5.82 Å². The van der Waals surface area contributed by atoms with Crippen LogP contribution in [0.1, 0.15) is 5.56 Å². The average molecular weight is 318 g/mol. The normalized spacial score (nSPS) is 13.0. The van der Waals surface area contributed by atoms with Crippen molar-refractivity contribution in [2.45, 2.75) is 6.42 Å². The van der Waals surface area contributed by atoms with Crippen LogP contribution in [0.3, 0.4) is 0 Å². The van der Waals surface area contributed by atoms with Crippen molar-refractivity contribution in [1.82, 2.24) is 15.0 Å². The molecule has 0 atom stereocenters. The van der Waals surface area contributed by atoms with Crippen LogP contribution in [0.15, 0.2) is 48.8 Å². The van der Waals surface area contributed by atoms with E-state index in [0.717, 1.165) is 47.2 Å². The zero-order valence-electron chi connectivity index (χ0n) is 13.7. The molecule has 2 aromatic heterocycles. The van der Waals surface area contributed by atoms with Gasteiger partial charge >= 0.3 is 0 Å². The lowest BCUT2D eigenvalue weighted by Gasteiger charge is -2.14. The quantitative estimate of drug-likeness (QED) is 0.742. The molecule has 1 aliphatic rings. The molecule has 0 saturated carbocycles. The number of aromatic nitrogens is 3. The van der Waals surface area contributed by atoms with E-state index in [4.69, 9.17) is 9.72 Å². The first-order chi connectivity index (χ1) is 11.8. The molecule has 120 valence electrons. The Kier molecular flexibility index (Phi) is 3.61. The van der Waals surface area contributed by atoms with Gasteiger partial charge in [-0.15, -0.1) is 0 Å². The lowest BCUT2D eigenvalue weighted by Crippen LogP contribution is -2.13. The molecule has 0 unspecified atom stereocenters. The molecule has 4 rings (SSSR count). The molecule has 0 aliphatic carbocycles. The number of hydrogen-bond donors (Lipinski definition) is 0. The van der Waals surface area contributed by atoms with Crippen molar-refractivity contribution in [2.24, 2.45) is 0 Å². The molecular formula is C19H18N4O. The first-order valence-electron chi connectivity index (χ1n) is 7.93. The molecule has 0 saturated heterocycles. The van der Waals surface area contributed by atoms with Crippen molar-refractivity contribution in [3.8, 4) is 28.4 Å². The van der Waals surface area contributed by atoms with E-state index in [0.29, 0.717) is 0 Å². The molecule has 5 heteroatoms. The summed E-state index contributed by atoms with van der Waals surface area (Å²) in [6.07, 6.45) is 4.52. The molecule has 24 heavy (non-hydrogen) atoms. The predicted molar refractivity (Wildman–Crippen MR) is 94.2 cm³/mol. The summed E-state index contributed by atoms with van der Waals surface area (Å²) in [4.78, 5) is 15.9. The second-order valence-corrected chi connectivity index (χ2v) is 5.83. The van der Waals surface area contributed by atoms with Crippen LogP contribution >= 0.6 is 0 Å². The van der Waals surface area contributed by atoms with Crippen LogP contribution in [0, 0.1) is 0 Å². The fraction of sp³-hybridized carbons (Fsp3) is 0.211. The minimum absolute atomic E-state index is 0.751. The Bertz CT molecular complexity index is 863. The van der Waals surface area contributed by atoms with E-state index in [1.54, 1.807) is 19.5 Å². The molecule has 3 aromatic rings. The summed E-state index contributed by atoms with van der Waals surface area (Å²) >= 11 is 0. The van der Waals surface area contributed by atoms with E-state index in [1.807, 2.05) is 30.3 Å². The minimum atomic E-state index is 0.751. The Balaban J connectivity index is 1.88. The van der Waals surface area contributed by atoms with Gasteiger partial charge in [-0.3, -0.25) is 0 Å². The molecule has 1 aromatic carbocycles. The van der Waals surface area contributed by atoms with Crippen molar-refractivity contribution in [3.63, 3.8) is 0 Å². The smallest absolute Gasteiger partial charge is 0.159 e. The number of nitrogens with zero attached hydrogens (tertiary/aromatic N) is 4. The second-order valence-electron chi connectivity index (χ2n) is 5.83. The van der Waals surface area contributed by atoms with Crippen LogP contribution in [0.25, 0.3) is 22.6 Å². The molecule has 5 nitrogen and oxygen atoms in total. The van der Waals surface area contributed by atoms with Gasteiger partial charge in [-0.05, 0) is 42.8 Å². The Labute approximate surface area is 141 Å². The van der Waals surface area contributed by atoms with E-state index in [-0.39, 0.29) is 0 Å². The van der Waals surface area contributed by atoms with Crippen LogP contribution in [-0.4, -0.2) is 35.7 Å². The molecule has 0 N–H and O–H groups in total. The van der Waals surface area contributed by atoms with Gasteiger partial charge in [-0.1, -0.05) is 0 Å². The number of likely N-dealkylation sites (N-methyl/N-ethyl adjacent to an activating group) is 1. The van der Waals surface area contributed by atoms with E-state index < -0.39 is 0 Å². The zero-order valence-corrected chi connectivity index (χ0v) is 13.7. The summed E-state index contributed by atoms with van der Waals surface area (Å²) in [7, 11) is 3.74. The largest absolute Gasteiger partial charge is 0.497 e. The Hall–Kier alpha value is -2.95. The Morgan fingerprint density at radius 2 is 1.83 bits per heavy atom. The SMILES string of the molecule is COc1ccc(-c2cc(-c3ncccn3)c3c(n2)N(C)CC3)cc1. The number of hydrogen-bond acceptors (Lipinski definition) is 5. The highest BCUT2D eigenvalue weighted by molar-refractivity contribution is 5.76. The number of ether oxygens (including phenoxy) is 1. The van der Waals surface area contributed by atoms with Gasteiger partial charge in [0.1, 0.15) is 11.6 Å². The molecule has 0 fully saturated rings. The fourth-order valence-corrected chi connectivity index (χ4v) is 3.05. The summed E-state index contributed by atoms with van der Waals surface area (Å²) in [5, 5.41) is 0. The highest BCUT2D eigenvalue weighted by Crippen LogP contribution is 2.36. The van der Waals surface area contributed by atoms with E-state index >= 15 is 0 Å². The Morgan fingerprint density at radius 1 is 1.08 bits per heavy atom. The molecule has 0 amide bonds. The maximum absolute atomic E-state index is 5.24. The van der Waals surface area contributed by atoms with Gasteiger partial charge in [0.15, 0.2) is 5.82 Å². The third-order valence-electron chi connectivity index (χ3n) is 4.35. The lowest BCUT2D eigenvalue weighted by molar-refractivity contribution is 0.415. The monoisotopic (exact) mass is 318 g/mol. The van der Waals surface area contributed by atoms with Gasteiger partial charge in [-0.2, -0.15) is 0 Å². The van der Waals surface area contributed by atoms with Gasteiger partial charge in [0.05, 0.1) is 12.8 Å². The van der Waals surface area contributed by atoms with Gasteiger partial charge in [0, 0.05) is 42.7 Å². The first kappa shape index (κ1) is 14.6. The van der Waals surface area contributed by atoms with E-state index in [1.165, 1.54) is 5.56 Å². The molecule has 0 radical (unpaired) electrons.